The van der Waals surface area contributed by atoms with Gasteiger partial charge in [0, 0.05) is 5.69 Å². The molecule has 0 aliphatic rings. The second kappa shape index (κ2) is 9.37. The normalized spacial score (nSPS) is 11.1. The van der Waals surface area contributed by atoms with Gasteiger partial charge in [0.2, 0.25) is 0 Å². The number of imidazole rings is 1. The summed E-state index contributed by atoms with van der Waals surface area (Å²) in [7, 11) is 1.39. The molecule has 0 saturated carbocycles. The van der Waals surface area contributed by atoms with Crippen molar-refractivity contribution in [3.63, 3.8) is 0 Å². The lowest BCUT2D eigenvalue weighted by molar-refractivity contribution is 0.0602. The number of aryl methyl sites for hydroxylation is 2. The summed E-state index contributed by atoms with van der Waals surface area (Å²) in [4.78, 5) is 17.1. The lowest BCUT2D eigenvalue weighted by atomic mass is 9.92. The molecule has 0 bridgehead atoms. The molecule has 0 fully saturated rings. The quantitative estimate of drug-likeness (QED) is 0.388. The molecule has 4 rings (SSSR count). The number of esters is 1. The standard InChI is InChI=1S/C27H28N2O3/c1-4-5-9-19-16-21(14-15-23(19)22-11-7-6-10-20(22)17-30)29-18(2)28-25-13-8-12-24(26(25)29)27(31)32-3/h6-8,10-16,30H,4-5,9,17H2,1-3H3. The maximum Gasteiger partial charge on any atom is 0.340 e. The third kappa shape index (κ3) is 3.92. The molecule has 0 radical (unpaired) electrons. The molecule has 164 valence electrons. The lowest BCUT2D eigenvalue weighted by Gasteiger charge is -2.16. The number of para-hydroxylation sites is 1. The van der Waals surface area contributed by atoms with E-state index >= 15 is 0 Å². The summed E-state index contributed by atoms with van der Waals surface area (Å²) in [6, 6.07) is 19.8. The molecular formula is C27H28N2O3. The van der Waals surface area contributed by atoms with Gasteiger partial charge in [-0.25, -0.2) is 9.78 Å². The van der Waals surface area contributed by atoms with Gasteiger partial charge in [0.05, 0.1) is 30.3 Å². The van der Waals surface area contributed by atoms with Gasteiger partial charge >= 0.3 is 5.97 Å². The number of hydrogen-bond donors (Lipinski definition) is 1. The van der Waals surface area contributed by atoms with Gasteiger partial charge in [0.1, 0.15) is 5.82 Å². The van der Waals surface area contributed by atoms with Crippen molar-refractivity contribution in [3.8, 4) is 16.8 Å². The molecule has 0 amide bonds. The Bertz CT molecular complexity index is 1270. The topological polar surface area (TPSA) is 64.4 Å². The molecule has 3 aromatic carbocycles. The summed E-state index contributed by atoms with van der Waals surface area (Å²) < 4.78 is 7.05. The number of carbonyl (C=O) groups excluding carboxylic acids is 1. The van der Waals surface area contributed by atoms with Crippen molar-refractivity contribution in [2.24, 2.45) is 0 Å². The summed E-state index contributed by atoms with van der Waals surface area (Å²) >= 11 is 0. The minimum atomic E-state index is -0.378. The molecule has 5 heteroatoms. The number of methoxy groups -OCH3 is 1. The zero-order chi connectivity index (χ0) is 22.7. The number of aliphatic hydroxyl groups is 1. The number of ether oxygens (including phenoxy) is 1. The highest BCUT2D eigenvalue weighted by molar-refractivity contribution is 6.02. The molecule has 0 unspecified atom stereocenters. The molecular weight excluding hydrogens is 400 g/mol. The van der Waals surface area contributed by atoms with Gasteiger partial charge in [-0.2, -0.15) is 0 Å². The molecule has 4 aromatic rings. The predicted molar refractivity (Wildman–Crippen MR) is 127 cm³/mol. The van der Waals surface area contributed by atoms with Crippen LogP contribution in [0.3, 0.4) is 0 Å². The fourth-order valence-electron chi connectivity index (χ4n) is 4.31. The lowest BCUT2D eigenvalue weighted by Crippen LogP contribution is -2.06. The van der Waals surface area contributed by atoms with Crippen molar-refractivity contribution in [2.75, 3.05) is 7.11 Å². The summed E-state index contributed by atoms with van der Waals surface area (Å²) in [6.45, 7) is 4.13. The molecule has 1 N–H and O–H groups in total. The van der Waals surface area contributed by atoms with Crippen molar-refractivity contribution in [1.82, 2.24) is 9.55 Å². The fourth-order valence-corrected chi connectivity index (χ4v) is 4.31. The van der Waals surface area contributed by atoms with Gasteiger partial charge in [-0.05, 0) is 66.3 Å². The van der Waals surface area contributed by atoms with Crippen LogP contribution in [0.4, 0.5) is 0 Å². The van der Waals surface area contributed by atoms with E-state index < -0.39 is 0 Å². The Morgan fingerprint density at radius 1 is 1.03 bits per heavy atom. The molecule has 0 atom stereocenters. The number of fused-ring (bicyclic) bond motifs is 1. The van der Waals surface area contributed by atoms with Crippen molar-refractivity contribution >= 4 is 17.0 Å². The van der Waals surface area contributed by atoms with Crippen molar-refractivity contribution in [1.29, 1.82) is 0 Å². The van der Waals surface area contributed by atoms with Gasteiger partial charge in [0.15, 0.2) is 0 Å². The molecule has 0 spiro atoms. The Morgan fingerprint density at radius 2 is 1.81 bits per heavy atom. The zero-order valence-corrected chi connectivity index (χ0v) is 18.8. The van der Waals surface area contributed by atoms with Gasteiger partial charge in [-0.15, -0.1) is 0 Å². The second-order valence-corrected chi connectivity index (χ2v) is 7.92. The fraction of sp³-hybridized carbons (Fsp3) is 0.259. The molecule has 1 aromatic heterocycles. The summed E-state index contributed by atoms with van der Waals surface area (Å²) in [5.74, 6) is 0.428. The number of hydrogen-bond acceptors (Lipinski definition) is 4. The smallest absolute Gasteiger partial charge is 0.340 e. The first kappa shape index (κ1) is 21.8. The average Bonchev–Trinajstić information content (AvgIpc) is 3.17. The van der Waals surface area contributed by atoms with E-state index in [1.807, 2.05) is 41.8 Å². The van der Waals surface area contributed by atoms with Crippen LogP contribution in [0.5, 0.6) is 0 Å². The van der Waals surface area contributed by atoms with E-state index in [1.165, 1.54) is 12.7 Å². The third-order valence-corrected chi connectivity index (χ3v) is 5.87. The Morgan fingerprint density at radius 3 is 2.56 bits per heavy atom. The molecule has 0 aliphatic heterocycles. The molecule has 0 aliphatic carbocycles. The number of aliphatic hydroxyl groups excluding tert-OH is 1. The number of rotatable bonds is 7. The molecule has 0 saturated heterocycles. The van der Waals surface area contributed by atoms with Crippen LogP contribution >= 0.6 is 0 Å². The van der Waals surface area contributed by atoms with Crippen LogP contribution in [-0.2, 0) is 17.8 Å². The van der Waals surface area contributed by atoms with E-state index in [9.17, 15) is 9.90 Å². The maximum absolute atomic E-state index is 12.5. The van der Waals surface area contributed by atoms with E-state index in [0.717, 1.165) is 58.5 Å². The van der Waals surface area contributed by atoms with Crippen LogP contribution < -0.4 is 0 Å². The van der Waals surface area contributed by atoms with E-state index in [1.54, 1.807) is 6.07 Å². The molecule has 1 heterocycles. The monoisotopic (exact) mass is 428 g/mol. The van der Waals surface area contributed by atoms with Crippen molar-refractivity contribution < 1.29 is 14.6 Å². The maximum atomic E-state index is 12.5. The van der Waals surface area contributed by atoms with E-state index in [0.29, 0.717) is 5.56 Å². The van der Waals surface area contributed by atoms with Gasteiger partial charge in [-0.3, -0.25) is 4.57 Å². The van der Waals surface area contributed by atoms with Crippen LogP contribution in [0.1, 0.15) is 47.1 Å². The number of benzene rings is 3. The Hall–Kier alpha value is -3.44. The summed E-state index contributed by atoms with van der Waals surface area (Å²) in [5.41, 5.74) is 7.26. The van der Waals surface area contributed by atoms with Gasteiger partial charge in [0.25, 0.3) is 0 Å². The highest BCUT2D eigenvalue weighted by Gasteiger charge is 2.19. The van der Waals surface area contributed by atoms with E-state index in [-0.39, 0.29) is 12.6 Å². The SMILES string of the molecule is CCCCc1cc(-n2c(C)nc3cccc(C(=O)OC)c32)ccc1-c1ccccc1CO. The van der Waals surface area contributed by atoms with Crippen LogP contribution in [0.15, 0.2) is 60.7 Å². The van der Waals surface area contributed by atoms with Crippen LogP contribution in [0.2, 0.25) is 0 Å². The summed E-state index contributed by atoms with van der Waals surface area (Å²) in [5, 5.41) is 9.86. The largest absolute Gasteiger partial charge is 0.465 e. The zero-order valence-electron chi connectivity index (χ0n) is 18.8. The number of carbonyl (C=O) groups is 1. The average molecular weight is 429 g/mol. The van der Waals surface area contributed by atoms with E-state index in [4.69, 9.17) is 4.74 Å². The number of nitrogens with zero attached hydrogens (tertiary/aromatic N) is 2. The van der Waals surface area contributed by atoms with Crippen LogP contribution in [0, 0.1) is 6.92 Å². The minimum absolute atomic E-state index is 0.00109. The number of aromatic nitrogens is 2. The van der Waals surface area contributed by atoms with Crippen molar-refractivity contribution in [3.05, 3.63) is 83.2 Å². The van der Waals surface area contributed by atoms with Crippen molar-refractivity contribution in [2.45, 2.75) is 39.7 Å². The highest BCUT2D eigenvalue weighted by atomic mass is 16.5. The first-order valence-electron chi connectivity index (χ1n) is 11.0. The molecule has 5 nitrogen and oxygen atoms in total. The predicted octanol–water partition coefficient (Wildman–Crippen LogP) is 5.62. The Labute approximate surface area is 188 Å². The Kier molecular flexibility index (Phi) is 6.37. The third-order valence-electron chi connectivity index (χ3n) is 5.87. The number of unbranched alkanes of at least 4 members (excludes halogenated alkanes) is 1. The first-order chi connectivity index (χ1) is 15.6. The highest BCUT2D eigenvalue weighted by Crippen LogP contribution is 2.32. The minimum Gasteiger partial charge on any atom is -0.465 e. The van der Waals surface area contributed by atoms with Gasteiger partial charge in [-0.1, -0.05) is 49.7 Å². The summed E-state index contributed by atoms with van der Waals surface area (Å²) in [6.07, 6.45) is 3.08. The Balaban J connectivity index is 1.93. The first-order valence-corrected chi connectivity index (χ1v) is 11.0. The molecule has 32 heavy (non-hydrogen) atoms. The second-order valence-electron chi connectivity index (χ2n) is 7.92. The van der Waals surface area contributed by atoms with Crippen LogP contribution in [0.25, 0.3) is 27.8 Å². The van der Waals surface area contributed by atoms with Gasteiger partial charge < -0.3 is 9.84 Å². The van der Waals surface area contributed by atoms with Crippen LogP contribution in [-0.4, -0.2) is 27.7 Å². The van der Waals surface area contributed by atoms with E-state index in [2.05, 4.69) is 36.2 Å².